The monoisotopic (exact) mass is 316 g/mol. The summed E-state index contributed by atoms with van der Waals surface area (Å²) in [5.74, 6) is 0.319. The van der Waals surface area contributed by atoms with Gasteiger partial charge in [0.25, 0.3) is 0 Å². The molecule has 0 aromatic heterocycles. The predicted molar refractivity (Wildman–Crippen MR) is 91.3 cm³/mol. The third-order valence-electron chi connectivity index (χ3n) is 5.31. The maximum Gasteiger partial charge on any atom is 0.222 e. The highest BCUT2D eigenvalue weighted by Crippen LogP contribution is 2.37. The molecule has 2 saturated heterocycles. The van der Waals surface area contributed by atoms with Gasteiger partial charge in [0.1, 0.15) is 0 Å². The molecule has 23 heavy (non-hydrogen) atoms. The Hall–Kier alpha value is -1.39. The van der Waals surface area contributed by atoms with Gasteiger partial charge in [-0.2, -0.15) is 0 Å². The maximum absolute atomic E-state index is 12.2. The second-order valence-electron chi connectivity index (χ2n) is 7.16. The second kappa shape index (κ2) is 7.45. The molecule has 1 amide bonds. The van der Waals surface area contributed by atoms with Crippen molar-refractivity contribution in [3.8, 4) is 0 Å². The molecule has 2 heterocycles. The largest absolute Gasteiger partial charge is 0.381 e. The van der Waals surface area contributed by atoms with E-state index in [0.29, 0.717) is 12.3 Å². The maximum atomic E-state index is 12.2. The number of rotatable bonds is 6. The van der Waals surface area contributed by atoms with Gasteiger partial charge in [-0.05, 0) is 31.9 Å². The molecule has 126 valence electrons. The van der Waals surface area contributed by atoms with E-state index in [-0.39, 0.29) is 5.41 Å². The molecule has 1 atom stereocenters. The first-order valence-electron chi connectivity index (χ1n) is 8.75. The zero-order chi connectivity index (χ0) is 16.1. The van der Waals surface area contributed by atoms with Gasteiger partial charge in [0.2, 0.25) is 5.91 Å². The van der Waals surface area contributed by atoms with Gasteiger partial charge < -0.3 is 14.5 Å². The van der Waals surface area contributed by atoms with Gasteiger partial charge in [-0.3, -0.25) is 4.79 Å². The number of amides is 1. The van der Waals surface area contributed by atoms with Gasteiger partial charge in [0.15, 0.2) is 0 Å². The molecule has 0 N–H and O–H groups in total. The van der Waals surface area contributed by atoms with E-state index in [2.05, 4.69) is 47.2 Å². The number of benzene rings is 1. The van der Waals surface area contributed by atoms with Gasteiger partial charge in [-0.15, -0.1) is 0 Å². The van der Waals surface area contributed by atoms with Gasteiger partial charge in [0, 0.05) is 44.6 Å². The Morgan fingerprint density at radius 2 is 2.04 bits per heavy atom. The number of likely N-dealkylation sites (N-methyl/N-ethyl adjacent to an activating group) is 1. The summed E-state index contributed by atoms with van der Waals surface area (Å²) in [6.07, 6.45) is 3.87. The fourth-order valence-electron chi connectivity index (χ4n) is 3.65. The van der Waals surface area contributed by atoms with Crippen LogP contribution in [0.25, 0.3) is 0 Å². The smallest absolute Gasteiger partial charge is 0.222 e. The number of carbonyl (C=O) groups is 1. The van der Waals surface area contributed by atoms with Gasteiger partial charge in [-0.25, -0.2) is 0 Å². The molecule has 2 fully saturated rings. The van der Waals surface area contributed by atoms with E-state index in [1.54, 1.807) is 0 Å². The van der Waals surface area contributed by atoms with Gasteiger partial charge >= 0.3 is 0 Å². The molecule has 1 aromatic carbocycles. The fraction of sp³-hybridized carbons (Fsp3) is 0.632. The van der Waals surface area contributed by atoms with Crippen LogP contribution in [0.3, 0.4) is 0 Å². The van der Waals surface area contributed by atoms with E-state index in [1.807, 2.05) is 0 Å². The van der Waals surface area contributed by atoms with Crippen molar-refractivity contribution in [3.63, 3.8) is 0 Å². The molecule has 2 aliphatic heterocycles. The van der Waals surface area contributed by atoms with Crippen LogP contribution in [0, 0.1) is 5.41 Å². The molecule has 2 aliphatic rings. The Morgan fingerprint density at radius 3 is 2.78 bits per heavy atom. The molecule has 1 spiro atoms. The Balaban J connectivity index is 1.44. The molecule has 0 radical (unpaired) electrons. The number of nitrogens with zero attached hydrogens (tertiary/aromatic N) is 2. The summed E-state index contributed by atoms with van der Waals surface area (Å²) >= 11 is 0. The highest BCUT2D eigenvalue weighted by Gasteiger charge is 2.41. The second-order valence-corrected chi connectivity index (χ2v) is 7.16. The highest BCUT2D eigenvalue weighted by atomic mass is 16.5. The number of hydrogen-bond acceptors (Lipinski definition) is 3. The quantitative estimate of drug-likeness (QED) is 0.806. The van der Waals surface area contributed by atoms with E-state index in [4.69, 9.17) is 4.74 Å². The van der Waals surface area contributed by atoms with Crippen molar-refractivity contribution in [1.29, 1.82) is 0 Å². The lowest BCUT2D eigenvalue weighted by Gasteiger charge is -2.39. The van der Waals surface area contributed by atoms with E-state index in [1.165, 1.54) is 5.56 Å². The third kappa shape index (κ3) is 4.33. The van der Waals surface area contributed by atoms with Gasteiger partial charge in [0.05, 0.1) is 6.61 Å². The normalized spacial score (nSPS) is 24.8. The Labute approximate surface area is 139 Å². The standard InChI is InChI=1S/C19H28N2O2/c1-20(11-8-17-5-3-2-4-6-17)12-13-21-15-19(9-7-18(21)22)10-14-23-16-19/h2-6H,7-16H2,1H3/t19-/m1/s1. The van der Waals surface area contributed by atoms with Crippen LogP contribution in [-0.4, -0.2) is 62.1 Å². The third-order valence-corrected chi connectivity index (χ3v) is 5.31. The van der Waals surface area contributed by atoms with Crippen LogP contribution in [0.4, 0.5) is 0 Å². The summed E-state index contributed by atoms with van der Waals surface area (Å²) in [4.78, 5) is 16.6. The topological polar surface area (TPSA) is 32.8 Å². The molecule has 0 unspecified atom stereocenters. The number of piperidine rings is 1. The lowest BCUT2D eigenvalue weighted by atomic mass is 9.79. The fourth-order valence-corrected chi connectivity index (χ4v) is 3.65. The van der Waals surface area contributed by atoms with Crippen molar-refractivity contribution in [1.82, 2.24) is 9.80 Å². The summed E-state index contributed by atoms with van der Waals surface area (Å²) in [6.45, 7) is 5.39. The molecule has 0 aliphatic carbocycles. The zero-order valence-corrected chi connectivity index (χ0v) is 14.2. The number of likely N-dealkylation sites (tertiary alicyclic amines) is 1. The van der Waals surface area contributed by atoms with E-state index >= 15 is 0 Å². The summed E-state index contributed by atoms with van der Waals surface area (Å²) in [5, 5.41) is 0. The number of carbonyl (C=O) groups excluding carboxylic acids is 1. The Kier molecular flexibility index (Phi) is 5.34. The van der Waals surface area contributed by atoms with Crippen molar-refractivity contribution in [2.75, 3.05) is 46.4 Å². The van der Waals surface area contributed by atoms with Crippen LogP contribution in [0.15, 0.2) is 30.3 Å². The highest BCUT2D eigenvalue weighted by molar-refractivity contribution is 5.77. The van der Waals surface area contributed by atoms with Crippen LogP contribution in [-0.2, 0) is 16.0 Å². The lowest BCUT2D eigenvalue weighted by Crippen LogP contribution is -2.49. The molecule has 4 heteroatoms. The van der Waals surface area contributed by atoms with Crippen LogP contribution in [0.5, 0.6) is 0 Å². The molecular formula is C19H28N2O2. The van der Waals surface area contributed by atoms with Crippen molar-refractivity contribution in [3.05, 3.63) is 35.9 Å². The minimum Gasteiger partial charge on any atom is -0.381 e. The Morgan fingerprint density at radius 1 is 1.22 bits per heavy atom. The average molecular weight is 316 g/mol. The van der Waals surface area contributed by atoms with Crippen molar-refractivity contribution >= 4 is 5.91 Å². The summed E-state index contributed by atoms with van der Waals surface area (Å²) in [6, 6.07) is 10.6. The first kappa shape index (κ1) is 16.5. The van der Waals surface area contributed by atoms with E-state index in [0.717, 1.165) is 58.7 Å². The summed E-state index contributed by atoms with van der Waals surface area (Å²) in [7, 11) is 2.14. The van der Waals surface area contributed by atoms with Crippen LogP contribution in [0.2, 0.25) is 0 Å². The summed E-state index contributed by atoms with van der Waals surface area (Å²) in [5.41, 5.74) is 1.62. The van der Waals surface area contributed by atoms with Crippen LogP contribution >= 0.6 is 0 Å². The first-order valence-corrected chi connectivity index (χ1v) is 8.75. The molecule has 1 aromatic rings. The molecular weight excluding hydrogens is 288 g/mol. The lowest BCUT2D eigenvalue weighted by molar-refractivity contribution is -0.137. The van der Waals surface area contributed by atoms with Crippen molar-refractivity contribution in [2.45, 2.75) is 25.7 Å². The van der Waals surface area contributed by atoms with E-state index in [9.17, 15) is 4.79 Å². The minimum absolute atomic E-state index is 0.247. The molecule has 3 rings (SSSR count). The minimum atomic E-state index is 0.247. The molecule has 0 bridgehead atoms. The average Bonchev–Trinajstić information content (AvgIpc) is 3.03. The molecule has 4 nitrogen and oxygen atoms in total. The number of ether oxygens (including phenoxy) is 1. The zero-order valence-electron chi connectivity index (χ0n) is 14.2. The van der Waals surface area contributed by atoms with Crippen LogP contribution < -0.4 is 0 Å². The van der Waals surface area contributed by atoms with E-state index < -0.39 is 0 Å². The van der Waals surface area contributed by atoms with Crippen molar-refractivity contribution in [2.24, 2.45) is 5.41 Å². The van der Waals surface area contributed by atoms with Crippen molar-refractivity contribution < 1.29 is 9.53 Å². The first-order chi connectivity index (χ1) is 11.2. The summed E-state index contributed by atoms with van der Waals surface area (Å²) < 4.78 is 5.59. The SMILES string of the molecule is CN(CCc1ccccc1)CCN1C[C@]2(CCOC2)CCC1=O. The predicted octanol–water partition coefficient (Wildman–Crippen LogP) is 2.19. The number of hydrogen-bond donors (Lipinski definition) is 0. The van der Waals surface area contributed by atoms with Gasteiger partial charge in [-0.1, -0.05) is 30.3 Å². The Bertz CT molecular complexity index is 511. The van der Waals surface area contributed by atoms with Crippen LogP contribution in [0.1, 0.15) is 24.8 Å². The molecule has 0 saturated carbocycles.